The summed E-state index contributed by atoms with van der Waals surface area (Å²) in [4.78, 5) is 28.0. The number of nitrogens with zero attached hydrogens (tertiary/aromatic N) is 1. The van der Waals surface area contributed by atoms with Crippen molar-refractivity contribution < 1.29 is 14.3 Å². The molecular weight excluding hydrogens is 400 g/mol. The normalized spacial score (nSPS) is 12.0. The van der Waals surface area contributed by atoms with E-state index in [0.29, 0.717) is 31.2 Å². The van der Waals surface area contributed by atoms with Gasteiger partial charge in [0.25, 0.3) is 5.91 Å². The molecule has 2 rings (SSSR count). The molecule has 174 valence electrons. The Kier molecular flexibility index (Phi) is 9.76. The van der Waals surface area contributed by atoms with Gasteiger partial charge in [0.1, 0.15) is 11.8 Å². The highest BCUT2D eigenvalue weighted by molar-refractivity contribution is 5.88. The molecule has 0 unspecified atom stereocenters. The van der Waals surface area contributed by atoms with Crippen LogP contribution >= 0.6 is 0 Å². The SMILES string of the molecule is CC[C@H](C(=O)NCC(C)C)N(Cc1ccccc1C)C(=O)COc1ccccc1C(C)C. The van der Waals surface area contributed by atoms with E-state index in [0.717, 1.165) is 16.7 Å². The van der Waals surface area contributed by atoms with Gasteiger partial charge >= 0.3 is 0 Å². The van der Waals surface area contributed by atoms with Crippen molar-refractivity contribution in [3.8, 4) is 5.75 Å². The van der Waals surface area contributed by atoms with Crippen molar-refractivity contribution >= 4 is 11.8 Å². The monoisotopic (exact) mass is 438 g/mol. The molecule has 0 saturated carbocycles. The van der Waals surface area contributed by atoms with Gasteiger partial charge in [-0.15, -0.1) is 0 Å². The lowest BCUT2D eigenvalue weighted by molar-refractivity contribution is -0.143. The van der Waals surface area contributed by atoms with E-state index in [4.69, 9.17) is 4.74 Å². The number of para-hydroxylation sites is 1. The van der Waals surface area contributed by atoms with Gasteiger partial charge in [0.05, 0.1) is 0 Å². The highest BCUT2D eigenvalue weighted by Crippen LogP contribution is 2.26. The Morgan fingerprint density at radius 3 is 2.28 bits per heavy atom. The molecule has 0 spiro atoms. The first kappa shape index (κ1) is 25.4. The summed E-state index contributed by atoms with van der Waals surface area (Å²) < 4.78 is 5.96. The Morgan fingerprint density at radius 2 is 1.66 bits per heavy atom. The topological polar surface area (TPSA) is 58.6 Å². The lowest BCUT2D eigenvalue weighted by atomic mass is 10.0. The summed E-state index contributed by atoms with van der Waals surface area (Å²) in [5, 5.41) is 2.99. The van der Waals surface area contributed by atoms with Gasteiger partial charge in [-0.05, 0) is 47.9 Å². The predicted molar refractivity (Wildman–Crippen MR) is 130 cm³/mol. The molecule has 0 radical (unpaired) electrons. The van der Waals surface area contributed by atoms with Crippen LogP contribution in [-0.4, -0.2) is 35.9 Å². The molecule has 0 saturated heterocycles. The summed E-state index contributed by atoms with van der Waals surface area (Å²) >= 11 is 0. The minimum absolute atomic E-state index is 0.108. The van der Waals surface area contributed by atoms with Gasteiger partial charge in [0.15, 0.2) is 6.61 Å². The quantitative estimate of drug-likeness (QED) is 0.532. The minimum Gasteiger partial charge on any atom is -0.483 e. The average Bonchev–Trinajstić information content (AvgIpc) is 2.77. The number of ether oxygens (including phenoxy) is 1. The lowest BCUT2D eigenvalue weighted by Gasteiger charge is -2.31. The predicted octanol–water partition coefficient (Wildman–Crippen LogP) is 5.08. The van der Waals surface area contributed by atoms with Crippen molar-refractivity contribution in [2.24, 2.45) is 5.92 Å². The second-order valence-corrected chi connectivity index (χ2v) is 8.99. The first-order valence-electron chi connectivity index (χ1n) is 11.6. The molecule has 0 aliphatic rings. The van der Waals surface area contributed by atoms with Crippen molar-refractivity contribution in [3.05, 3.63) is 65.2 Å². The fraction of sp³-hybridized carbons (Fsp3) is 0.481. The van der Waals surface area contributed by atoms with Crippen LogP contribution in [0.25, 0.3) is 0 Å². The van der Waals surface area contributed by atoms with E-state index < -0.39 is 6.04 Å². The first-order valence-corrected chi connectivity index (χ1v) is 11.6. The maximum Gasteiger partial charge on any atom is 0.261 e. The number of carbonyl (C=O) groups is 2. The Bertz CT molecular complexity index is 892. The van der Waals surface area contributed by atoms with E-state index in [1.165, 1.54) is 0 Å². The molecule has 0 aliphatic heterocycles. The number of benzene rings is 2. The summed E-state index contributed by atoms with van der Waals surface area (Å²) in [5.74, 6) is 1.02. The van der Waals surface area contributed by atoms with E-state index in [9.17, 15) is 9.59 Å². The summed E-state index contributed by atoms with van der Waals surface area (Å²) in [6.07, 6.45) is 0.532. The number of hydrogen-bond acceptors (Lipinski definition) is 3. The van der Waals surface area contributed by atoms with Gasteiger partial charge in [-0.3, -0.25) is 9.59 Å². The van der Waals surface area contributed by atoms with Gasteiger partial charge in [0, 0.05) is 13.1 Å². The standard InChI is InChI=1S/C27H38N2O3/c1-7-24(27(31)28-16-19(2)3)29(17-22-13-9-8-12-21(22)6)26(30)18-32-25-15-11-10-14-23(25)20(4)5/h8-15,19-20,24H,7,16-18H2,1-6H3,(H,28,31)/t24-/m1/s1. The molecule has 0 bridgehead atoms. The van der Waals surface area contributed by atoms with Crippen LogP contribution in [0.2, 0.25) is 0 Å². The highest BCUT2D eigenvalue weighted by Gasteiger charge is 2.29. The summed E-state index contributed by atoms with van der Waals surface area (Å²) in [5.41, 5.74) is 3.18. The summed E-state index contributed by atoms with van der Waals surface area (Å²) in [7, 11) is 0. The molecule has 2 aromatic rings. The van der Waals surface area contributed by atoms with Crippen molar-refractivity contribution in [1.82, 2.24) is 10.2 Å². The van der Waals surface area contributed by atoms with E-state index in [-0.39, 0.29) is 24.3 Å². The van der Waals surface area contributed by atoms with Crippen LogP contribution in [-0.2, 0) is 16.1 Å². The van der Waals surface area contributed by atoms with Crippen molar-refractivity contribution in [2.45, 2.75) is 66.5 Å². The number of amides is 2. The van der Waals surface area contributed by atoms with Crippen LogP contribution < -0.4 is 10.1 Å². The fourth-order valence-electron chi connectivity index (χ4n) is 3.62. The Labute approximate surface area is 193 Å². The maximum absolute atomic E-state index is 13.4. The second-order valence-electron chi connectivity index (χ2n) is 8.99. The van der Waals surface area contributed by atoms with Crippen LogP contribution in [0.5, 0.6) is 5.75 Å². The summed E-state index contributed by atoms with van der Waals surface area (Å²) in [6.45, 7) is 13.1. The number of nitrogens with one attached hydrogen (secondary N) is 1. The molecule has 32 heavy (non-hydrogen) atoms. The van der Waals surface area contributed by atoms with Crippen LogP contribution in [0.3, 0.4) is 0 Å². The molecule has 1 atom stereocenters. The number of carbonyl (C=O) groups excluding carboxylic acids is 2. The number of hydrogen-bond donors (Lipinski definition) is 1. The molecule has 0 aliphatic carbocycles. The molecule has 2 amide bonds. The van der Waals surface area contributed by atoms with Crippen LogP contribution in [0.1, 0.15) is 63.6 Å². The third kappa shape index (κ3) is 7.11. The Hall–Kier alpha value is -2.82. The fourth-order valence-corrected chi connectivity index (χ4v) is 3.62. The third-order valence-corrected chi connectivity index (χ3v) is 5.56. The van der Waals surface area contributed by atoms with Gasteiger partial charge < -0.3 is 15.0 Å². The van der Waals surface area contributed by atoms with E-state index in [1.54, 1.807) is 4.90 Å². The molecule has 0 fully saturated rings. The molecule has 1 N–H and O–H groups in total. The maximum atomic E-state index is 13.4. The average molecular weight is 439 g/mol. The van der Waals surface area contributed by atoms with Gasteiger partial charge in [-0.25, -0.2) is 0 Å². The lowest BCUT2D eigenvalue weighted by Crippen LogP contribution is -2.50. The van der Waals surface area contributed by atoms with Crippen molar-refractivity contribution in [2.75, 3.05) is 13.2 Å². The molecular formula is C27H38N2O3. The Morgan fingerprint density at radius 1 is 1.00 bits per heavy atom. The summed E-state index contributed by atoms with van der Waals surface area (Å²) in [6, 6.07) is 15.2. The van der Waals surface area contributed by atoms with Crippen LogP contribution in [0, 0.1) is 12.8 Å². The molecule has 0 heterocycles. The molecule has 5 nitrogen and oxygen atoms in total. The van der Waals surface area contributed by atoms with Crippen molar-refractivity contribution in [1.29, 1.82) is 0 Å². The third-order valence-electron chi connectivity index (χ3n) is 5.56. The molecule has 0 aromatic heterocycles. The second kappa shape index (κ2) is 12.3. The number of aryl methyl sites for hydroxylation is 1. The van der Waals surface area contributed by atoms with E-state index >= 15 is 0 Å². The first-order chi connectivity index (χ1) is 15.2. The van der Waals surface area contributed by atoms with Crippen LogP contribution in [0.4, 0.5) is 0 Å². The van der Waals surface area contributed by atoms with Crippen LogP contribution in [0.15, 0.2) is 48.5 Å². The molecule has 2 aromatic carbocycles. The highest BCUT2D eigenvalue weighted by atomic mass is 16.5. The van der Waals surface area contributed by atoms with Gasteiger partial charge in [0.2, 0.25) is 5.91 Å². The zero-order valence-electron chi connectivity index (χ0n) is 20.4. The van der Waals surface area contributed by atoms with Crippen molar-refractivity contribution in [3.63, 3.8) is 0 Å². The Balaban J connectivity index is 2.25. The van der Waals surface area contributed by atoms with E-state index in [1.807, 2.05) is 62.4 Å². The largest absolute Gasteiger partial charge is 0.483 e. The minimum atomic E-state index is -0.551. The zero-order chi connectivity index (χ0) is 23.7. The van der Waals surface area contributed by atoms with Gasteiger partial charge in [-0.2, -0.15) is 0 Å². The zero-order valence-corrected chi connectivity index (χ0v) is 20.4. The smallest absolute Gasteiger partial charge is 0.261 e. The van der Waals surface area contributed by atoms with E-state index in [2.05, 4.69) is 33.0 Å². The number of rotatable bonds is 11. The molecule has 5 heteroatoms. The van der Waals surface area contributed by atoms with Gasteiger partial charge in [-0.1, -0.05) is 77.1 Å².